The zero-order valence-electron chi connectivity index (χ0n) is 14.8. The number of anilines is 1. The Morgan fingerprint density at radius 1 is 1.12 bits per heavy atom. The number of nitrogens with one attached hydrogen (secondary N) is 2. The summed E-state index contributed by atoms with van der Waals surface area (Å²) in [7, 11) is 2.04. The van der Waals surface area contributed by atoms with Crippen LogP contribution >= 0.6 is 0 Å². The maximum absolute atomic E-state index is 12.6. The number of benzene rings is 1. The van der Waals surface area contributed by atoms with Crippen LogP contribution in [-0.4, -0.2) is 57.4 Å². The first-order chi connectivity index (χ1) is 12.2. The second-order valence-corrected chi connectivity index (χ2v) is 7.27. The summed E-state index contributed by atoms with van der Waals surface area (Å²) in [6.45, 7) is 3.21. The van der Waals surface area contributed by atoms with Gasteiger partial charge in [0.05, 0.1) is 12.2 Å². The molecule has 1 aromatic carbocycles. The summed E-state index contributed by atoms with van der Waals surface area (Å²) in [5, 5.41) is 6.88. The van der Waals surface area contributed by atoms with Crippen LogP contribution in [0.3, 0.4) is 0 Å². The van der Waals surface area contributed by atoms with E-state index in [1.165, 1.54) is 0 Å². The van der Waals surface area contributed by atoms with Crippen LogP contribution in [0.4, 0.5) is 5.69 Å². The number of hydrogen-bond acceptors (Lipinski definition) is 5. The first-order valence-corrected chi connectivity index (χ1v) is 9.33. The molecule has 1 aliphatic carbocycles. The van der Waals surface area contributed by atoms with E-state index in [2.05, 4.69) is 15.5 Å². The quantitative estimate of drug-likeness (QED) is 0.867. The molecule has 1 aromatic rings. The van der Waals surface area contributed by atoms with Gasteiger partial charge in [0.15, 0.2) is 0 Å². The number of hydrogen-bond donors (Lipinski definition) is 2. The molecular weight excluding hydrogens is 318 g/mol. The minimum Gasteiger partial charge on any atom is -0.490 e. The predicted molar refractivity (Wildman–Crippen MR) is 96.5 cm³/mol. The highest BCUT2D eigenvalue weighted by atomic mass is 16.5. The molecule has 6 nitrogen and oxygen atoms in total. The minimum absolute atomic E-state index is 0.0110. The summed E-state index contributed by atoms with van der Waals surface area (Å²) in [5.41, 5.74) is 1.72. The maximum atomic E-state index is 12.6. The topological polar surface area (TPSA) is 62.8 Å². The molecule has 2 N–H and O–H groups in total. The zero-order chi connectivity index (χ0) is 17.2. The Morgan fingerprint density at radius 2 is 1.92 bits per heavy atom. The molecule has 3 aliphatic rings. The van der Waals surface area contributed by atoms with Gasteiger partial charge in [-0.25, -0.2) is 0 Å². The summed E-state index contributed by atoms with van der Waals surface area (Å²) in [6.07, 6.45) is 4.29. The summed E-state index contributed by atoms with van der Waals surface area (Å²) < 4.78 is 11.1. The molecule has 1 saturated heterocycles. The molecule has 2 aliphatic heterocycles. The molecule has 0 bridgehead atoms. The predicted octanol–water partition coefficient (Wildman–Crippen LogP) is 1.54. The molecule has 0 radical (unpaired) electrons. The van der Waals surface area contributed by atoms with Crippen LogP contribution in [0.25, 0.3) is 0 Å². The molecule has 0 unspecified atom stereocenters. The first-order valence-electron chi connectivity index (χ1n) is 9.33. The summed E-state index contributed by atoms with van der Waals surface area (Å²) in [5.74, 6) is 0.787. The smallest absolute Gasteiger partial charge is 0.251 e. The molecule has 1 amide bonds. The summed E-state index contributed by atoms with van der Waals surface area (Å²) in [4.78, 5) is 14.8. The zero-order valence-corrected chi connectivity index (χ0v) is 14.8. The van der Waals surface area contributed by atoms with Crippen molar-refractivity contribution in [2.75, 3.05) is 38.3 Å². The van der Waals surface area contributed by atoms with E-state index in [1.54, 1.807) is 0 Å². The van der Waals surface area contributed by atoms with Gasteiger partial charge in [0.25, 0.3) is 5.91 Å². The van der Waals surface area contributed by atoms with Crippen molar-refractivity contribution in [3.63, 3.8) is 0 Å². The summed E-state index contributed by atoms with van der Waals surface area (Å²) in [6, 6.07) is 6.84. The van der Waals surface area contributed by atoms with Gasteiger partial charge in [0, 0.05) is 44.0 Å². The molecule has 0 aromatic heterocycles. The van der Waals surface area contributed by atoms with Crippen molar-refractivity contribution in [1.29, 1.82) is 0 Å². The third-order valence-electron chi connectivity index (χ3n) is 5.58. The number of rotatable bonds is 4. The molecule has 1 saturated carbocycles. The molecule has 2 atom stereocenters. The van der Waals surface area contributed by atoms with E-state index in [9.17, 15) is 4.79 Å². The normalized spacial score (nSPS) is 26.4. The number of ether oxygens (including phenoxy) is 2. The molecule has 2 fully saturated rings. The monoisotopic (exact) mass is 345 g/mol. The van der Waals surface area contributed by atoms with Crippen LogP contribution in [0.15, 0.2) is 18.2 Å². The highest BCUT2D eigenvalue weighted by Crippen LogP contribution is 2.31. The van der Waals surface area contributed by atoms with Crippen LogP contribution < -0.4 is 20.3 Å². The lowest BCUT2D eigenvalue weighted by Gasteiger charge is -2.41. The van der Waals surface area contributed by atoms with Crippen LogP contribution in [0.5, 0.6) is 5.75 Å². The number of nitrogens with zero attached hydrogens (tertiary/aromatic N) is 1. The molecule has 2 heterocycles. The van der Waals surface area contributed by atoms with Gasteiger partial charge in [-0.1, -0.05) is 0 Å². The molecule has 136 valence electrons. The van der Waals surface area contributed by atoms with Gasteiger partial charge in [-0.2, -0.15) is 0 Å². The first kappa shape index (κ1) is 16.7. The maximum Gasteiger partial charge on any atom is 0.251 e. The summed E-state index contributed by atoms with van der Waals surface area (Å²) >= 11 is 0. The van der Waals surface area contributed by atoms with Crippen molar-refractivity contribution < 1.29 is 14.3 Å². The fraction of sp³-hybridized carbons (Fsp3) is 0.632. The Balaban J connectivity index is 1.35. The van der Waals surface area contributed by atoms with E-state index in [1.807, 2.05) is 25.2 Å². The van der Waals surface area contributed by atoms with Gasteiger partial charge in [-0.3, -0.25) is 4.79 Å². The molecule has 6 heteroatoms. The molecular formula is C19H27N3O3. The SMILES string of the molecule is CN1CCOc2cc(C(=O)N[C@@H]3CC[C@@H]3NC3CCOCC3)ccc21. The van der Waals surface area contributed by atoms with Gasteiger partial charge < -0.3 is 25.0 Å². The van der Waals surface area contributed by atoms with Crippen LogP contribution in [0.1, 0.15) is 36.0 Å². The molecule has 0 spiro atoms. The van der Waals surface area contributed by atoms with E-state index in [4.69, 9.17) is 9.47 Å². The second-order valence-electron chi connectivity index (χ2n) is 7.27. The second kappa shape index (κ2) is 7.22. The van der Waals surface area contributed by atoms with Gasteiger partial charge in [-0.05, 0) is 43.9 Å². The lowest BCUT2D eigenvalue weighted by molar-refractivity contribution is 0.0652. The van der Waals surface area contributed by atoms with E-state index >= 15 is 0 Å². The van der Waals surface area contributed by atoms with Crippen molar-refractivity contribution in [3.05, 3.63) is 23.8 Å². The Labute approximate surface area is 148 Å². The number of fused-ring (bicyclic) bond motifs is 1. The van der Waals surface area contributed by atoms with Gasteiger partial charge in [0.2, 0.25) is 0 Å². The van der Waals surface area contributed by atoms with Gasteiger partial charge >= 0.3 is 0 Å². The number of likely N-dealkylation sites (N-methyl/N-ethyl adjacent to an activating group) is 1. The Kier molecular flexibility index (Phi) is 4.81. The van der Waals surface area contributed by atoms with Crippen molar-refractivity contribution in [2.45, 2.75) is 43.8 Å². The van der Waals surface area contributed by atoms with E-state index in [0.717, 1.165) is 56.9 Å². The number of carbonyl (C=O) groups is 1. The fourth-order valence-corrected chi connectivity index (χ4v) is 3.79. The Morgan fingerprint density at radius 3 is 2.68 bits per heavy atom. The standard InChI is InChI=1S/C19H27N3O3/c1-22-8-11-25-18-12-13(2-5-17(18)22)19(23)21-16-4-3-15(16)20-14-6-9-24-10-7-14/h2,5,12,14-16,20H,3-4,6-11H2,1H3,(H,21,23)/t15-,16+/m0/s1. The average Bonchev–Trinajstić information content (AvgIpc) is 2.64. The van der Waals surface area contributed by atoms with E-state index in [0.29, 0.717) is 24.3 Å². The van der Waals surface area contributed by atoms with Crippen molar-refractivity contribution in [2.24, 2.45) is 0 Å². The van der Waals surface area contributed by atoms with Crippen molar-refractivity contribution >= 4 is 11.6 Å². The van der Waals surface area contributed by atoms with Gasteiger partial charge in [-0.15, -0.1) is 0 Å². The lowest BCUT2D eigenvalue weighted by atomic mass is 9.85. The van der Waals surface area contributed by atoms with Crippen LogP contribution in [0.2, 0.25) is 0 Å². The van der Waals surface area contributed by atoms with Crippen LogP contribution in [-0.2, 0) is 4.74 Å². The Hall–Kier alpha value is -1.79. The number of carbonyl (C=O) groups excluding carboxylic acids is 1. The third kappa shape index (κ3) is 3.60. The highest BCUT2D eigenvalue weighted by Gasteiger charge is 2.34. The third-order valence-corrected chi connectivity index (χ3v) is 5.58. The highest BCUT2D eigenvalue weighted by molar-refractivity contribution is 5.95. The fourth-order valence-electron chi connectivity index (χ4n) is 3.79. The van der Waals surface area contributed by atoms with Crippen molar-refractivity contribution in [3.8, 4) is 5.75 Å². The molecule has 4 rings (SSSR count). The van der Waals surface area contributed by atoms with Crippen LogP contribution in [0, 0.1) is 0 Å². The van der Waals surface area contributed by atoms with Gasteiger partial charge in [0.1, 0.15) is 12.4 Å². The van der Waals surface area contributed by atoms with E-state index < -0.39 is 0 Å². The number of amides is 1. The van der Waals surface area contributed by atoms with E-state index in [-0.39, 0.29) is 11.9 Å². The largest absolute Gasteiger partial charge is 0.490 e. The minimum atomic E-state index is -0.0110. The van der Waals surface area contributed by atoms with Crippen molar-refractivity contribution in [1.82, 2.24) is 10.6 Å². The lowest BCUT2D eigenvalue weighted by Crippen LogP contribution is -2.59. The Bertz CT molecular complexity index is 630. The molecule has 25 heavy (non-hydrogen) atoms. The average molecular weight is 345 g/mol.